The summed E-state index contributed by atoms with van der Waals surface area (Å²) in [5.74, 6) is 0. The molecule has 2 rings (SSSR count). The highest BCUT2D eigenvalue weighted by Gasteiger charge is 2.15. The number of hydrogen-bond acceptors (Lipinski definition) is 3. The number of nitrogens with one attached hydrogen (secondary N) is 1. The SMILES string of the molecule is CN(C)c1cccc(Cl)c1CN1CCNCC1. The van der Waals surface area contributed by atoms with E-state index in [1.54, 1.807) is 0 Å². The first kappa shape index (κ1) is 12.7. The molecule has 3 nitrogen and oxygen atoms in total. The van der Waals surface area contributed by atoms with E-state index in [1.165, 1.54) is 11.3 Å². The van der Waals surface area contributed by atoms with E-state index in [0.29, 0.717) is 0 Å². The Morgan fingerprint density at radius 2 is 2.00 bits per heavy atom. The van der Waals surface area contributed by atoms with Crippen molar-refractivity contribution in [3.63, 3.8) is 0 Å². The van der Waals surface area contributed by atoms with Crippen LogP contribution in [-0.2, 0) is 6.54 Å². The van der Waals surface area contributed by atoms with Crippen molar-refractivity contribution in [1.29, 1.82) is 0 Å². The van der Waals surface area contributed by atoms with Gasteiger partial charge in [-0.05, 0) is 12.1 Å². The summed E-state index contributed by atoms with van der Waals surface area (Å²) in [6.07, 6.45) is 0. The molecule has 1 fully saturated rings. The van der Waals surface area contributed by atoms with Gasteiger partial charge in [0.1, 0.15) is 0 Å². The zero-order valence-corrected chi connectivity index (χ0v) is 11.3. The monoisotopic (exact) mass is 253 g/mol. The molecule has 1 saturated heterocycles. The Morgan fingerprint density at radius 3 is 2.65 bits per heavy atom. The fraction of sp³-hybridized carbons (Fsp3) is 0.538. The van der Waals surface area contributed by atoms with Crippen molar-refractivity contribution in [1.82, 2.24) is 10.2 Å². The molecule has 1 aliphatic heterocycles. The third kappa shape index (κ3) is 3.12. The molecule has 1 aliphatic rings. The molecule has 17 heavy (non-hydrogen) atoms. The molecule has 0 spiro atoms. The number of anilines is 1. The van der Waals surface area contributed by atoms with Gasteiger partial charge in [-0.3, -0.25) is 4.90 Å². The Bertz CT molecular complexity index is 373. The molecular weight excluding hydrogens is 234 g/mol. The van der Waals surface area contributed by atoms with E-state index >= 15 is 0 Å². The van der Waals surface area contributed by atoms with Gasteiger partial charge in [0, 0.05) is 63.1 Å². The summed E-state index contributed by atoms with van der Waals surface area (Å²) in [5.41, 5.74) is 2.46. The Kier molecular flexibility index (Phi) is 4.26. The van der Waals surface area contributed by atoms with Crippen molar-refractivity contribution < 1.29 is 0 Å². The van der Waals surface area contributed by atoms with Crippen LogP contribution in [0.3, 0.4) is 0 Å². The smallest absolute Gasteiger partial charge is 0.0471 e. The fourth-order valence-electron chi connectivity index (χ4n) is 2.22. The summed E-state index contributed by atoms with van der Waals surface area (Å²) >= 11 is 6.32. The molecule has 0 unspecified atom stereocenters. The third-order valence-corrected chi connectivity index (χ3v) is 3.52. The predicted octanol–water partition coefficient (Wildman–Crippen LogP) is 1.81. The summed E-state index contributed by atoms with van der Waals surface area (Å²) in [4.78, 5) is 4.58. The van der Waals surface area contributed by atoms with Gasteiger partial charge in [-0.2, -0.15) is 0 Å². The van der Waals surface area contributed by atoms with E-state index in [-0.39, 0.29) is 0 Å². The first-order chi connectivity index (χ1) is 8.18. The molecule has 1 aromatic carbocycles. The second-order valence-corrected chi connectivity index (χ2v) is 5.07. The Hall–Kier alpha value is -0.770. The molecule has 4 heteroatoms. The Balaban J connectivity index is 2.18. The van der Waals surface area contributed by atoms with Gasteiger partial charge in [0.05, 0.1) is 0 Å². The lowest BCUT2D eigenvalue weighted by atomic mass is 10.1. The highest BCUT2D eigenvalue weighted by atomic mass is 35.5. The van der Waals surface area contributed by atoms with Gasteiger partial charge in [-0.15, -0.1) is 0 Å². The normalized spacial score (nSPS) is 17.1. The average molecular weight is 254 g/mol. The summed E-state index contributed by atoms with van der Waals surface area (Å²) in [5, 5.41) is 4.24. The van der Waals surface area contributed by atoms with E-state index in [9.17, 15) is 0 Å². The quantitative estimate of drug-likeness (QED) is 0.887. The van der Waals surface area contributed by atoms with Crippen molar-refractivity contribution in [2.45, 2.75) is 6.54 Å². The van der Waals surface area contributed by atoms with Crippen LogP contribution < -0.4 is 10.2 Å². The summed E-state index contributed by atoms with van der Waals surface area (Å²) in [6, 6.07) is 6.12. The Labute approximate surface area is 108 Å². The van der Waals surface area contributed by atoms with Crippen LogP contribution in [0.15, 0.2) is 18.2 Å². The van der Waals surface area contributed by atoms with Gasteiger partial charge < -0.3 is 10.2 Å². The number of rotatable bonds is 3. The van der Waals surface area contributed by atoms with Crippen molar-refractivity contribution >= 4 is 17.3 Å². The van der Waals surface area contributed by atoms with Gasteiger partial charge >= 0.3 is 0 Å². The van der Waals surface area contributed by atoms with E-state index in [4.69, 9.17) is 11.6 Å². The fourth-order valence-corrected chi connectivity index (χ4v) is 2.44. The average Bonchev–Trinajstić information content (AvgIpc) is 2.33. The maximum Gasteiger partial charge on any atom is 0.0471 e. The lowest BCUT2D eigenvalue weighted by Gasteiger charge is -2.29. The van der Waals surface area contributed by atoms with Crippen molar-refractivity contribution in [3.05, 3.63) is 28.8 Å². The van der Waals surface area contributed by atoms with Crippen LogP contribution >= 0.6 is 11.6 Å². The molecule has 0 aliphatic carbocycles. The number of halogens is 1. The summed E-state index contributed by atoms with van der Waals surface area (Å²) in [6.45, 7) is 5.27. The highest BCUT2D eigenvalue weighted by molar-refractivity contribution is 6.31. The molecule has 0 radical (unpaired) electrons. The predicted molar refractivity (Wildman–Crippen MR) is 73.9 cm³/mol. The first-order valence-electron chi connectivity index (χ1n) is 6.06. The van der Waals surface area contributed by atoms with Gasteiger partial charge in [0.2, 0.25) is 0 Å². The van der Waals surface area contributed by atoms with Gasteiger partial charge in [0.25, 0.3) is 0 Å². The lowest BCUT2D eigenvalue weighted by molar-refractivity contribution is 0.233. The van der Waals surface area contributed by atoms with Crippen LogP contribution in [-0.4, -0.2) is 45.2 Å². The molecular formula is C13H20ClN3. The molecule has 0 amide bonds. The minimum absolute atomic E-state index is 0.870. The van der Waals surface area contributed by atoms with E-state index in [1.807, 2.05) is 12.1 Å². The minimum Gasteiger partial charge on any atom is -0.377 e. The van der Waals surface area contributed by atoms with Crippen LogP contribution in [0.2, 0.25) is 5.02 Å². The molecule has 0 bridgehead atoms. The number of piperazine rings is 1. The largest absolute Gasteiger partial charge is 0.377 e. The first-order valence-corrected chi connectivity index (χ1v) is 6.44. The molecule has 1 heterocycles. The number of benzene rings is 1. The van der Waals surface area contributed by atoms with Crippen LogP contribution in [0.4, 0.5) is 5.69 Å². The maximum atomic E-state index is 6.32. The Morgan fingerprint density at radius 1 is 1.29 bits per heavy atom. The van der Waals surface area contributed by atoms with Crippen molar-refractivity contribution in [2.75, 3.05) is 45.2 Å². The molecule has 1 N–H and O–H groups in total. The van der Waals surface area contributed by atoms with Crippen LogP contribution in [0.5, 0.6) is 0 Å². The van der Waals surface area contributed by atoms with E-state index < -0.39 is 0 Å². The van der Waals surface area contributed by atoms with Gasteiger partial charge in [-0.25, -0.2) is 0 Å². The zero-order valence-electron chi connectivity index (χ0n) is 10.5. The number of hydrogen-bond donors (Lipinski definition) is 1. The van der Waals surface area contributed by atoms with Gasteiger partial charge in [-0.1, -0.05) is 17.7 Å². The van der Waals surface area contributed by atoms with Gasteiger partial charge in [0.15, 0.2) is 0 Å². The summed E-state index contributed by atoms with van der Waals surface area (Å²) < 4.78 is 0. The van der Waals surface area contributed by atoms with Crippen molar-refractivity contribution in [2.24, 2.45) is 0 Å². The maximum absolute atomic E-state index is 6.32. The van der Waals surface area contributed by atoms with Crippen LogP contribution in [0.1, 0.15) is 5.56 Å². The highest BCUT2D eigenvalue weighted by Crippen LogP contribution is 2.27. The second-order valence-electron chi connectivity index (χ2n) is 4.66. The van der Waals surface area contributed by atoms with Crippen molar-refractivity contribution in [3.8, 4) is 0 Å². The molecule has 0 aromatic heterocycles. The molecule has 0 atom stereocenters. The van der Waals surface area contributed by atoms with E-state index in [0.717, 1.165) is 37.7 Å². The standard InChI is InChI=1S/C13H20ClN3/c1-16(2)13-5-3-4-12(14)11(13)10-17-8-6-15-7-9-17/h3-5,15H,6-10H2,1-2H3. The minimum atomic E-state index is 0.870. The van der Waals surface area contributed by atoms with E-state index in [2.05, 4.69) is 35.3 Å². The van der Waals surface area contributed by atoms with Crippen LogP contribution in [0, 0.1) is 0 Å². The summed E-state index contributed by atoms with van der Waals surface area (Å²) in [7, 11) is 4.12. The zero-order chi connectivity index (χ0) is 12.3. The topological polar surface area (TPSA) is 18.5 Å². The van der Waals surface area contributed by atoms with Crippen LogP contribution in [0.25, 0.3) is 0 Å². The second kappa shape index (κ2) is 5.71. The molecule has 1 aromatic rings. The molecule has 94 valence electrons. The number of nitrogens with zero attached hydrogens (tertiary/aromatic N) is 2. The third-order valence-electron chi connectivity index (χ3n) is 3.17. The molecule has 0 saturated carbocycles. The lowest BCUT2D eigenvalue weighted by Crippen LogP contribution is -2.43.